The van der Waals surface area contributed by atoms with Crippen LogP contribution in [0.3, 0.4) is 0 Å². The van der Waals surface area contributed by atoms with Gasteiger partial charge in [0.2, 0.25) is 0 Å². The molecule has 1 unspecified atom stereocenters. The zero-order valence-corrected chi connectivity index (χ0v) is 10.0. The molecule has 0 rings (SSSR count). The maximum atomic E-state index is 13.2. The molecule has 0 aliphatic carbocycles. The van der Waals surface area contributed by atoms with E-state index in [-0.39, 0.29) is 5.03 Å². The molecule has 0 aliphatic heterocycles. The largest absolute Gasteiger partial charge is 0.388 e. The van der Waals surface area contributed by atoms with Gasteiger partial charge in [-0.05, 0) is 13.3 Å². The molecule has 0 spiro atoms. The first-order valence-electron chi connectivity index (χ1n) is 5.10. The van der Waals surface area contributed by atoms with Crippen molar-refractivity contribution in [2.75, 3.05) is 0 Å². The molecule has 86 valence electrons. The zero-order valence-electron chi connectivity index (χ0n) is 9.26. The summed E-state index contributed by atoms with van der Waals surface area (Å²) in [6.45, 7) is 7.11. The first kappa shape index (κ1) is 14.4. The van der Waals surface area contributed by atoms with Crippen LogP contribution in [0.25, 0.3) is 0 Å². The average Bonchev–Trinajstić information content (AvgIpc) is 2.25. The van der Waals surface area contributed by atoms with Crippen molar-refractivity contribution in [3.8, 4) is 0 Å². The van der Waals surface area contributed by atoms with Gasteiger partial charge >= 0.3 is 0 Å². The van der Waals surface area contributed by atoms with Crippen LogP contribution in [0.1, 0.15) is 33.1 Å². The van der Waals surface area contributed by atoms with Crippen molar-refractivity contribution >= 4 is 11.6 Å². The molecular weight excluding hydrogens is 215 g/mol. The van der Waals surface area contributed by atoms with Crippen molar-refractivity contribution < 1.29 is 9.50 Å². The van der Waals surface area contributed by atoms with E-state index in [1.807, 2.05) is 6.92 Å². The first-order chi connectivity index (χ1) is 7.08. The minimum Gasteiger partial charge on any atom is -0.388 e. The third-order valence-electron chi connectivity index (χ3n) is 2.13. The lowest BCUT2D eigenvalue weighted by Crippen LogP contribution is -2.10. The minimum atomic E-state index is -0.736. The molecule has 0 bridgehead atoms. The summed E-state index contributed by atoms with van der Waals surface area (Å²) in [6, 6.07) is 0. The first-order valence-corrected chi connectivity index (χ1v) is 5.48. The Morgan fingerprint density at radius 2 is 2.20 bits per heavy atom. The standard InChI is InChI=1S/C12H18ClFO/c1-4-7-8-11(15)9(5-2)12(13)10(14)6-3/h5-6,11,15H,2,4,7-8H2,1,3H3/b10-6+,12-9-. The number of aliphatic hydroxyl groups is 1. The van der Waals surface area contributed by atoms with Gasteiger partial charge in [-0.3, -0.25) is 0 Å². The lowest BCUT2D eigenvalue weighted by molar-refractivity contribution is 0.200. The Morgan fingerprint density at radius 1 is 1.60 bits per heavy atom. The fraction of sp³-hybridized carbons (Fsp3) is 0.500. The highest BCUT2D eigenvalue weighted by Gasteiger charge is 2.14. The van der Waals surface area contributed by atoms with Crippen molar-refractivity contribution in [1.29, 1.82) is 0 Å². The van der Waals surface area contributed by atoms with Crippen molar-refractivity contribution in [2.45, 2.75) is 39.2 Å². The quantitative estimate of drug-likeness (QED) is 0.684. The molecule has 0 aromatic rings. The van der Waals surface area contributed by atoms with Crippen molar-refractivity contribution in [2.24, 2.45) is 0 Å². The van der Waals surface area contributed by atoms with Crippen LogP contribution in [0.4, 0.5) is 4.39 Å². The van der Waals surface area contributed by atoms with E-state index in [1.54, 1.807) is 6.92 Å². The summed E-state index contributed by atoms with van der Waals surface area (Å²) in [4.78, 5) is 0. The van der Waals surface area contributed by atoms with Gasteiger partial charge in [0.15, 0.2) is 0 Å². The van der Waals surface area contributed by atoms with Crippen LogP contribution in [0.15, 0.2) is 35.2 Å². The predicted molar refractivity (Wildman–Crippen MR) is 63.5 cm³/mol. The lowest BCUT2D eigenvalue weighted by atomic mass is 10.0. The van der Waals surface area contributed by atoms with E-state index >= 15 is 0 Å². The van der Waals surface area contributed by atoms with Gasteiger partial charge in [-0.15, -0.1) is 0 Å². The monoisotopic (exact) mass is 232 g/mol. The molecule has 3 heteroatoms. The van der Waals surface area contributed by atoms with E-state index < -0.39 is 11.9 Å². The Bertz CT molecular complexity index is 269. The van der Waals surface area contributed by atoms with Gasteiger partial charge < -0.3 is 5.11 Å². The summed E-state index contributed by atoms with van der Waals surface area (Å²) in [6.07, 6.45) is 4.36. The van der Waals surface area contributed by atoms with Gasteiger partial charge in [0, 0.05) is 5.57 Å². The third-order valence-corrected chi connectivity index (χ3v) is 2.53. The van der Waals surface area contributed by atoms with Crippen molar-refractivity contribution in [3.05, 3.63) is 35.2 Å². The SMILES string of the molecule is C=C/C(=C(Cl)\C(F)=C/C)C(O)CCCC. The zero-order chi connectivity index (χ0) is 11.8. The van der Waals surface area contributed by atoms with E-state index in [1.165, 1.54) is 12.2 Å². The van der Waals surface area contributed by atoms with Crippen LogP contribution >= 0.6 is 11.6 Å². The normalized spacial score (nSPS) is 15.9. The summed E-state index contributed by atoms with van der Waals surface area (Å²) < 4.78 is 13.2. The van der Waals surface area contributed by atoms with Crippen LogP contribution in [-0.2, 0) is 0 Å². The predicted octanol–water partition coefficient (Wildman–Crippen LogP) is 4.09. The number of rotatable bonds is 6. The van der Waals surface area contributed by atoms with Crippen molar-refractivity contribution in [1.82, 2.24) is 0 Å². The van der Waals surface area contributed by atoms with Gasteiger partial charge in [0.05, 0.1) is 11.1 Å². The fourth-order valence-corrected chi connectivity index (χ4v) is 1.50. The third kappa shape index (κ3) is 4.63. The maximum absolute atomic E-state index is 13.2. The minimum absolute atomic E-state index is 0.0453. The number of hydrogen-bond donors (Lipinski definition) is 1. The summed E-state index contributed by atoms with van der Waals surface area (Å²) in [5.41, 5.74) is 0.362. The molecule has 0 heterocycles. The lowest BCUT2D eigenvalue weighted by Gasteiger charge is -2.12. The molecule has 0 aliphatic rings. The number of allylic oxidation sites excluding steroid dienone is 3. The molecule has 0 fully saturated rings. The Labute approximate surface area is 95.9 Å². The van der Waals surface area contributed by atoms with E-state index in [0.717, 1.165) is 12.8 Å². The molecule has 1 N–H and O–H groups in total. The molecule has 0 radical (unpaired) electrons. The molecule has 0 saturated heterocycles. The molecule has 15 heavy (non-hydrogen) atoms. The molecule has 0 amide bonds. The fourth-order valence-electron chi connectivity index (χ4n) is 1.19. The number of unbranched alkanes of at least 4 members (excludes halogenated alkanes) is 1. The van der Waals surface area contributed by atoms with Crippen LogP contribution < -0.4 is 0 Å². The second kappa shape index (κ2) is 7.66. The van der Waals surface area contributed by atoms with E-state index in [2.05, 4.69) is 6.58 Å². The topological polar surface area (TPSA) is 20.2 Å². The average molecular weight is 233 g/mol. The van der Waals surface area contributed by atoms with E-state index in [0.29, 0.717) is 12.0 Å². The maximum Gasteiger partial charge on any atom is 0.137 e. The molecule has 1 nitrogen and oxygen atoms in total. The Balaban J connectivity index is 4.80. The Hall–Kier alpha value is -0.600. The smallest absolute Gasteiger partial charge is 0.137 e. The molecule has 1 atom stereocenters. The van der Waals surface area contributed by atoms with Crippen LogP contribution in [0, 0.1) is 0 Å². The second-order valence-corrected chi connectivity index (χ2v) is 3.65. The van der Waals surface area contributed by atoms with Gasteiger partial charge in [-0.1, -0.05) is 50.1 Å². The van der Waals surface area contributed by atoms with Crippen LogP contribution in [0.2, 0.25) is 0 Å². The highest BCUT2D eigenvalue weighted by molar-refractivity contribution is 6.32. The summed E-state index contributed by atoms with van der Waals surface area (Å²) in [7, 11) is 0. The second-order valence-electron chi connectivity index (χ2n) is 3.27. The summed E-state index contributed by atoms with van der Waals surface area (Å²) >= 11 is 5.78. The van der Waals surface area contributed by atoms with Gasteiger partial charge in [0.25, 0.3) is 0 Å². The number of aliphatic hydroxyl groups excluding tert-OH is 1. The molecule has 0 saturated carbocycles. The Kier molecular flexibility index (Phi) is 7.35. The van der Waals surface area contributed by atoms with E-state index in [9.17, 15) is 9.50 Å². The number of halogens is 2. The van der Waals surface area contributed by atoms with Gasteiger partial charge in [0.1, 0.15) is 5.83 Å². The van der Waals surface area contributed by atoms with Gasteiger partial charge in [-0.2, -0.15) is 0 Å². The highest BCUT2D eigenvalue weighted by atomic mass is 35.5. The van der Waals surface area contributed by atoms with E-state index in [4.69, 9.17) is 11.6 Å². The molecular formula is C12H18ClFO. The summed E-state index contributed by atoms with van der Waals surface area (Å²) in [5.74, 6) is -0.526. The summed E-state index contributed by atoms with van der Waals surface area (Å²) in [5, 5.41) is 9.70. The van der Waals surface area contributed by atoms with Crippen LogP contribution in [0.5, 0.6) is 0 Å². The van der Waals surface area contributed by atoms with Crippen molar-refractivity contribution in [3.63, 3.8) is 0 Å². The van der Waals surface area contributed by atoms with Crippen LogP contribution in [-0.4, -0.2) is 11.2 Å². The Morgan fingerprint density at radius 3 is 2.60 bits per heavy atom. The van der Waals surface area contributed by atoms with Gasteiger partial charge in [-0.25, -0.2) is 4.39 Å². The molecule has 0 aromatic carbocycles. The highest BCUT2D eigenvalue weighted by Crippen LogP contribution is 2.25. The number of hydrogen-bond acceptors (Lipinski definition) is 1. The molecule has 0 aromatic heterocycles.